The van der Waals surface area contributed by atoms with Crippen LogP contribution in [0.2, 0.25) is 0 Å². The molecule has 0 aliphatic carbocycles. The quantitative estimate of drug-likeness (QED) is 0.809. The zero-order valence-corrected chi connectivity index (χ0v) is 11.5. The zero-order chi connectivity index (χ0) is 13.0. The van der Waals surface area contributed by atoms with Crippen molar-refractivity contribution in [2.75, 3.05) is 26.8 Å². The van der Waals surface area contributed by atoms with Crippen molar-refractivity contribution >= 4 is 17.2 Å². The molecule has 1 fully saturated rings. The van der Waals surface area contributed by atoms with Gasteiger partial charge in [-0.15, -0.1) is 11.3 Å². The first kappa shape index (κ1) is 13.5. The lowest BCUT2D eigenvalue weighted by Crippen LogP contribution is -2.43. The smallest absolute Gasteiger partial charge is 0.227 e. The Hall–Kier alpha value is -0.980. The van der Waals surface area contributed by atoms with Crippen LogP contribution in [0.15, 0.2) is 5.38 Å². The van der Waals surface area contributed by atoms with E-state index in [9.17, 15) is 4.79 Å². The lowest BCUT2D eigenvalue weighted by atomic mass is 10.0. The number of hydrogen-bond donors (Lipinski definition) is 2. The number of hydrogen-bond acceptors (Lipinski definition) is 5. The highest BCUT2D eigenvalue weighted by molar-refractivity contribution is 7.09. The van der Waals surface area contributed by atoms with Crippen LogP contribution in [0.25, 0.3) is 0 Å². The van der Waals surface area contributed by atoms with Gasteiger partial charge in [-0.3, -0.25) is 4.79 Å². The molecular formula is C12H19N3O2S. The molecule has 1 aromatic rings. The van der Waals surface area contributed by atoms with E-state index in [1.54, 1.807) is 11.3 Å². The van der Waals surface area contributed by atoms with Crippen molar-refractivity contribution in [3.8, 4) is 0 Å². The average molecular weight is 269 g/mol. The fraction of sp³-hybridized carbons (Fsp3) is 0.667. The Morgan fingerprint density at radius 3 is 3.11 bits per heavy atom. The minimum Gasteiger partial charge on any atom is -0.379 e. The van der Waals surface area contributed by atoms with E-state index >= 15 is 0 Å². The molecular weight excluding hydrogens is 250 g/mol. The van der Waals surface area contributed by atoms with Crippen LogP contribution in [0.5, 0.6) is 0 Å². The Balaban J connectivity index is 1.74. The van der Waals surface area contributed by atoms with Gasteiger partial charge in [-0.25, -0.2) is 4.98 Å². The Labute approximate surface area is 111 Å². The van der Waals surface area contributed by atoms with E-state index in [1.165, 1.54) is 0 Å². The third kappa shape index (κ3) is 3.28. The summed E-state index contributed by atoms with van der Waals surface area (Å²) in [7, 11) is 1.86. The number of thiazole rings is 1. The largest absolute Gasteiger partial charge is 0.379 e. The van der Waals surface area contributed by atoms with Gasteiger partial charge >= 0.3 is 0 Å². The molecule has 2 rings (SSSR count). The molecule has 1 amide bonds. The summed E-state index contributed by atoms with van der Waals surface area (Å²) >= 11 is 1.64. The van der Waals surface area contributed by atoms with Crippen LogP contribution in [-0.2, 0) is 16.0 Å². The minimum absolute atomic E-state index is 0.0683. The van der Waals surface area contributed by atoms with E-state index in [-0.39, 0.29) is 17.9 Å². The van der Waals surface area contributed by atoms with Gasteiger partial charge in [0.25, 0.3) is 0 Å². The molecule has 1 aliphatic rings. The third-order valence-corrected chi connectivity index (χ3v) is 3.96. The number of likely N-dealkylation sites (N-methyl/N-ethyl adjacent to an activating group) is 1. The zero-order valence-electron chi connectivity index (χ0n) is 10.7. The van der Waals surface area contributed by atoms with Crippen molar-refractivity contribution < 1.29 is 9.53 Å². The predicted octanol–water partition coefficient (Wildman–Crippen LogP) is 0.345. The maximum absolute atomic E-state index is 12.0. The number of nitrogens with zero attached hydrogens (tertiary/aromatic N) is 1. The van der Waals surface area contributed by atoms with Crippen LogP contribution in [-0.4, -0.2) is 43.7 Å². The first-order valence-corrected chi connectivity index (χ1v) is 7.02. The summed E-state index contributed by atoms with van der Waals surface area (Å²) in [6.07, 6.45) is 0.786. The lowest BCUT2D eigenvalue weighted by molar-refractivity contribution is -0.125. The maximum Gasteiger partial charge on any atom is 0.227 e. The molecule has 0 radical (unpaired) electrons. The summed E-state index contributed by atoms with van der Waals surface area (Å²) in [5.74, 6) is -0.00836. The number of nitrogens with one attached hydrogen (secondary N) is 2. The number of aromatic nitrogens is 1. The predicted molar refractivity (Wildman–Crippen MR) is 70.7 cm³/mol. The molecule has 1 aliphatic heterocycles. The number of carbonyl (C=O) groups excluding carboxylic acids is 1. The van der Waals surface area contributed by atoms with Crippen LogP contribution in [0, 0.1) is 12.8 Å². The SMILES string of the molecule is CNC1COCC1C(=O)NCCc1csc(C)n1. The van der Waals surface area contributed by atoms with Crippen molar-refractivity contribution in [2.24, 2.45) is 5.92 Å². The molecule has 0 aromatic carbocycles. The second-order valence-corrected chi connectivity index (χ2v) is 5.50. The second kappa shape index (κ2) is 6.26. The topological polar surface area (TPSA) is 63.2 Å². The van der Waals surface area contributed by atoms with Gasteiger partial charge < -0.3 is 15.4 Å². The van der Waals surface area contributed by atoms with Crippen LogP contribution in [0.4, 0.5) is 0 Å². The highest BCUT2D eigenvalue weighted by atomic mass is 32.1. The van der Waals surface area contributed by atoms with Crippen LogP contribution in [0.3, 0.4) is 0 Å². The van der Waals surface area contributed by atoms with Crippen molar-refractivity contribution in [2.45, 2.75) is 19.4 Å². The van der Waals surface area contributed by atoms with Gasteiger partial charge in [0.15, 0.2) is 0 Å². The van der Waals surface area contributed by atoms with Gasteiger partial charge in [0.1, 0.15) is 0 Å². The Kier molecular flexibility index (Phi) is 4.68. The summed E-state index contributed by atoms with van der Waals surface area (Å²) in [4.78, 5) is 16.3. The van der Waals surface area contributed by atoms with E-state index in [1.807, 2.05) is 19.4 Å². The van der Waals surface area contributed by atoms with Crippen molar-refractivity contribution in [1.82, 2.24) is 15.6 Å². The number of aryl methyl sites for hydroxylation is 1. The van der Waals surface area contributed by atoms with E-state index in [0.29, 0.717) is 19.8 Å². The Morgan fingerprint density at radius 1 is 1.61 bits per heavy atom. The van der Waals surface area contributed by atoms with Gasteiger partial charge in [0.2, 0.25) is 5.91 Å². The van der Waals surface area contributed by atoms with Gasteiger partial charge in [-0.05, 0) is 14.0 Å². The third-order valence-electron chi connectivity index (χ3n) is 3.14. The van der Waals surface area contributed by atoms with Crippen molar-refractivity contribution in [1.29, 1.82) is 0 Å². The molecule has 2 heterocycles. The van der Waals surface area contributed by atoms with Gasteiger partial charge in [-0.1, -0.05) is 0 Å². The molecule has 2 N–H and O–H groups in total. The standard InChI is InChI=1S/C12H19N3O2S/c1-8-15-9(7-18-8)3-4-14-12(16)10-5-17-6-11(10)13-2/h7,10-11,13H,3-6H2,1-2H3,(H,14,16). The number of ether oxygens (including phenoxy) is 1. The average Bonchev–Trinajstić information content (AvgIpc) is 2.97. The lowest BCUT2D eigenvalue weighted by Gasteiger charge is -2.16. The molecule has 100 valence electrons. The monoisotopic (exact) mass is 269 g/mol. The molecule has 2 unspecified atom stereocenters. The normalized spacial score (nSPS) is 23.2. The van der Waals surface area contributed by atoms with E-state index in [2.05, 4.69) is 15.6 Å². The molecule has 18 heavy (non-hydrogen) atoms. The first-order valence-electron chi connectivity index (χ1n) is 6.14. The number of carbonyl (C=O) groups is 1. The van der Waals surface area contributed by atoms with Gasteiger partial charge in [-0.2, -0.15) is 0 Å². The summed E-state index contributed by atoms with van der Waals surface area (Å²) in [5, 5.41) is 9.17. The molecule has 0 saturated carbocycles. The summed E-state index contributed by atoms with van der Waals surface area (Å²) in [5.41, 5.74) is 1.05. The highest BCUT2D eigenvalue weighted by Gasteiger charge is 2.32. The van der Waals surface area contributed by atoms with Crippen molar-refractivity contribution in [3.05, 3.63) is 16.1 Å². The first-order chi connectivity index (χ1) is 8.70. The second-order valence-electron chi connectivity index (χ2n) is 4.44. The Bertz CT molecular complexity index is 408. The Morgan fingerprint density at radius 2 is 2.44 bits per heavy atom. The van der Waals surface area contributed by atoms with Crippen LogP contribution >= 0.6 is 11.3 Å². The molecule has 6 heteroatoms. The van der Waals surface area contributed by atoms with E-state index in [0.717, 1.165) is 17.1 Å². The van der Waals surface area contributed by atoms with Gasteiger partial charge in [0, 0.05) is 24.4 Å². The fourth-order valence-corrected chi connectivity index (χ4v) is 2.71. The van der Waals surface area contributed by atoms with E-state index < -0.39 is 0 Å². The minimum atomic E-state index is -0.0767. The molecule has 1 aromatic heterocycles. The maximum atomic E-state index is 12.0. The molecule has 5 nitrogen and oxygen atoms in total. The summed E-state index contributed by atoms with van der Waals surface area (Å²) in [6, 6.07) is 0.131. The summed E-state index contributed by atoms with van der Waals surface area (Å²) < 4.78 is 5.32. The molecule has 0 bridgehead atoms. The summed E-state index contributed by atoms with van der Waals surface area (Å²) in [6.45, 7) is 3.74. The van der Waals surface area contributed by atoms with E-state index in [4.69, 9.17) is 4.74 Å². The van der Waals surface area contributed by atoms with Gasteiger partial charge in [0.05, 0.1) is 29.8 Å². The highest BCUT2D eigenvalue weighted by Crippen LogP contribution is 2.13. The van der Waals surface area contributed by atoms with Crippen LogP contribution in [0.1, 0.15) is 10.7 Å². The number of rotatable bonds is 5. The fourth-order valence-electron chi connectivity index (χ4n) is 2.07. The van der Waals surface area contributed by atoms with Crippen molar-refractivity contribution in [3.63, 3.8) is 0 Å². The molecule has 1 saturated heterocycles. The number of amides is 1. The molecule has 0 spiro atoms. The molecule has 2 atom stereocenters. The van der Waals surface area contributed by atoms with Crippen LogP contribution < -0.4 is 10.6 Å².